The van der Waals surface area contributed by atoms with E-state index < -0.39 is 17.2 Å². The van der Waals surface area contributed by atoms with Crippen molar-refractivity contribution in [2.45, 2.75) is 79.4 Å². The van der Waals surface area contributed by atoms with Gasteiger partial charge in [-0.2, -0.15) is 20.7 Å². The highest BCUT2D eigenvalue weighted by molar-refractivity contribution is 7.17. The number of aromatic nitrogens is 6. The Labute approximate surface area is 487 Å². The lowest BCUT2D eigenvalue weighted by atomic mass is 9.72. The van der Waals surface area contributed by atoms with Crippen molar-refractivity contribution in [2.75, 3.05) is 86.1 Å². The van der Waals surface area contributed by atoms with Gasteiger partial charge in [0.05, 0.1) is 33.8 Å². The van der Waals surface area contributed by atoms with Gasteiger partial charge in [0.1, 0.15) is 50.5 Å². The number of likely N-dealkylation sites (tertiary alicyclic amines) is 1. The van der Waals surface area contributed by atoms with Gasteiger partial charge in [0.15, 0.2) is 15.9 Å². The Morgan fingerprint density at radius 3 is 1.39 bits per heavy atom. The van der Waals surface area contributed by atoms with Gasteiger partial charge in [-0.25, -0.2) is 32.6 Å². The number of carbonyl (C=O) groups is 2. The number of amides is 1. The van der Waals surface area contributed by atoms with Crippen LogP contribution >= 0.6 is 22.7 Å². The molecule has 4 N–H and O–H groups in total. The first kappa shape index (κ1) is 58.1. The van der Waals surface area contributed by atoms with Crippen LogP contribution in [0.2, 0.25) is 0 Å². The van der Waals surface area contributed by atoms with Crippen molar-refractivity contribution in [3.05, 3.63) is 117 Å². The van der Waals surface area contributed by atoms with E-state index in [1.807, 2.05) is 39.1 Å². The molecule has 432 valence electrons. The minimum absolute atomic E-state index is 0.0687. The van der Waals surface area contributed by atoms with Crippen LogP contribution in [-0.2, 0) is 22.4 Å². The van der Waals surface area contributed by atoms with Gasteiger partial charge in [-0.1, -0.05) is 36.5 Å². The van der Waals surface area contributed by atoms with E-state index in [0.717, 1.165) is 103 Å². The maximum absolute atomic E-state index is 13.5. The van der Waals surface area contributed by atoms with Crippen LogP contribution in [0.5, 0.6) is 0 Å². The third-order valence-electron chi connectivity index (χ3n) is 15.7. The summed E-state index contributed by atoms with van der Waals surface area (Å²) in [6.45, 7) is 21.3. The van der Waals surface area contributed by atoms with Crippen LogP contribution in [0.15, 0.2) is 73.1 Å². The molecule has 4 aliphatic rings. The number of aryl methyl sites for hydroxylation is 4. The fraction of sp³-hybridized carbons (Fsp3) is 0.400. The fourth-order valence-corrected chi connectivity index (χ4v) is 12.9. The number of thiazole rings is 2. The molecule has 0 saturated carbocycles. The number of pyridine rings is 2. The lowest BCUT2D eigenvalue weighted by Gasteiger charge is -2.61. The molecular formula is C60H66F2N14O5S2. The Hall–Kier alpha value is -8.06. The molecule has 19 nitrogen and oxygen atoms in total. The predicted octanol–water partition coefficient (Wildman–Crippen LogP) is 8.89. The molecule has 4 saturated heterocycles. The van der Waals surface area contributed by atoms with E-state index in [9.17, 15) is 34.0 Å². The molecule has 2 spiro atoms. The van der Waals surface area contributed by atoms with E-state index in [-0.39, 0.29) is 23.0 Å². The van der Waals surface area contributed by atoms with E-state index in [2.05, 4.69) is 73.3 Å². The first-order valence-electron chi connectivity index (χ1n) is 27.3. The third kappa shape index (κ3) is 11.1. The Morgan fingerprint density at radius 1 is 0.675 bits per heavy atom. The Bertz CT molecular complexity index is 3880. The quantitative estimate of drug-likeness (QED) is 0.0895. The minimum atomic E-state index is -1.58. The number of aliphatic hydroxyl groups is 2. The second-order valence-corrected chi connectivity index (χ2v) is 25.2. The maximum atomic E-state index is 13.5. The number of anilines is 6. The summed E-state index contributed by atoms with van der Waals surface area (Å²) >= 11 is 2.64. The van der Waals surface area contributed by atoms with Gasteiger partial charge in [0.2, 0.25) is 0 Å². The monoisotopic (exact) mass is 1160 g/mol. The minimum Gasteiger partial charge on any atom is -0.479 e. The molecule has 23 heteroatoms. The molecule has 2 aromatic carbocycles. The van der Waals surface area contributed by atoms with Gasteiger partial charge in [-0.15, -0.1) is 0 Å². The SMILES string of the molecule is CC(C)(O)C(=O)O.CCc1nn2cc(C)c(N3CC4(CN(C(=O)C(C)(C)O)C4)C3)cc2c1N(C)c1nc(-c2ccc(F)cc2)c(C#N)s1.CCc1nn2cc(C)c(N3CC4(CNC4)C3)cc2c1N(C)c1nc(-c2ccc(F)cc2)c(C#N)s1. The van der Waals surface area contributed by atoms with Gasteiger partial charge in [0.25, 0.3) is 5.91 Å². The van der Waals surface area contributed by atoms with Crippen LogP contribution in [0.4, 0.5) is 41.8 Å². The molecule has 0 bridgehead atoms. The van der Waals surface area contributed by atoms with E-state index in [0.29, 0.717) is 55.5 Å². The number of benzene rings is 2. The Morgan fingerprint density at radius 2 is 1.06 bits per heavy atom. The molecule has 4 fully saturated rings. The zero-order chi connectivity index (χ0) is 59.7. The standard InChI is InChI=1S/C30H32FN7O2S.C26H26FN7S.C4H8O3/c1-6-21-26(35(5)28-33-25(24(12-32)41-28)19-7-9-20(31)10-8-19)23-11-22(18(2)13-38(23)34-21)36-14-30(15-36)16-37(17-30)27(39)29(3,4)40;1-4-19-24(32(3)25-30-23(22(10-28)35-25)17-5-7-18(27)8-6-17)21-9-20(16(2)11-34(21)31-19)33-14-26(15-33)12-29-13-26;1-4(2,7)3(5)6/h7-11,13,40H,6,14-17H2,1-5H3;5-9,11,29H,4,12-15H2,1-3H3;7H,1-2H3,(H,5,6). The largest absolute Gasteiger partial charge is 0.479 e. The van der Waals surface area contributed by atoms with Gasteiger partial charge in [0, 0.05) is 112 Å². The molecule has 12 rings (SSSR count). The molecule has 4 aliphatic heterocycles. The average molecular weight is 1170 g/mol. The summed E-state index contributed by atoms with van der Waals surface area (Å²) in [5, 5.41) is 60.7. The van der Waals surface area contributed by atoms with Gasteiger partial charge in [-0.3, -0.25) is 4.79 Å². The number of nitriles is 2. The highest BCUT2D eigenvalue weighted by Crippen LogP contribution is 2.46. The first-order chi connectivity index (χ1) is 39.3. The topological polar surface area (TPSA) is 231 Å². The summed E-state index contributed by atoms with van der Waals surface area (Å²) in [4.78, 5) is 43.3. The molecule has 1 amide bonds. The summed E-state index contributed by atoms with van der Waals surface area (Å²) < 4.78 is 30.8. The van der Waals surface area contributed by atoms with Gasteiger partial charge < -0.3 is 45.1 Å². The fourth-order valence-electron chi connectivity index (χ4n) is 11.2. The molecule has 0 radical (unpaired) electrons. The number of carboxylic acids is 1. The van der Waals surface area contributed by atoms with Crippen LogP contribution in [0.3, 0.4) is 0 Å². The van der Waals surface area contributed by atoms with Crippen LogP contribution in [0.1, 0.15) is 73.8 Å². The van der Waals surface area contributed by atoms with Crippen molar-refractivity contribution in [1.82, 2.24) is 39.4 Å². The number of hydrogen-bond donors (Lipinski definition) is 4. The van der Waals surface area contributed by atoms with Crippen LogP contribution in [0.25, 0.3) is 33.5 Å². The summed E-state index contributed by atoms with van der Waals surface area (Å²) in [5.41, 5.74) is 10.6. The van der Waals surface area contributed by atoms with Crippen molar-refractivity contribution in [2.24, 2.45) is 10.8 Å². The van der Waals surface area contributed by atoms with Crippen LogP contribution < -0.4 is 24.9 Å². The molecular weight excluding hydrogens is 1100 g/mol. The molecule has 6 aromatic heterocycles. The predicted molar refractivity (Wildman–Crippen MR) is 318 cm³/mol. The van der Waals surface area contributed by atoms with Crippen LogP contribution in [0, 0.1) is 59.0 Å². The molecule has 10 heterocycles. The van der Waals surface area contributed by atoms with Gasteiger partial charge >= 0.3 is 5.97 Å². The summed E-state index contributed by atoms with van der Waals surface area (Å²) in [6, 6.07) is 21.0. The average Bonchev–Trinajstić information content (AvgIpc) is 3.53. The van der Waals surface area contributed by atoms with Crippen LogP contribution in [-0.4, -0.2) is 139 Å². The zero-order valence-electron chi connectivity index (χ0n) is 48.0. The third-order valence-corrected chi connectivity index (χ3v) is 17.8. The molecule has 0 aliphatic carbocycles. The zero-order valence-corrected chi connectivity index (χ0v) is 49.7. The maximum Gasteiger partial charge on any atom is 0.335 e. The number of aliphatic carboxylic acids is 1. The second kappa shape index (κ2) is 21.9. The summed E-state index contributed by atoms with van der Waals surface area (Å²) in [6.07, 6.45) is 5.64. The van der Waals surface area contributed by atoms with Gasteiger partial charge in [-0.05, 0) is 126 Å². The van der Waals surface area contributed by atoms with Crippen molar-refractivity contribution in [3.8, 4) is 34.7 Å². The first-order valence-corrected chi connectivity index (χ1v) is 28.9. The number of carboxylic acid groups (broad SMARTS) is 1. The van der Waals surface area contributed by atoms with Crippen molar-refractivity contribution < 1.29 is 33.7 Å². The second-order valence-electron chi connectivity index (χ2n) is 23.2. The van der Waals surface area contributed by atoms with E-state index in [1.54, 1.807) is 29.2 Å². The highest BCUT2D eigenvalue weighted by atomic mass is 32.1. The lowest BCUT2D eigenvalue weighted by molar-refractivity contribution is -0.162. The smallest absolute Gasteiger partial charge is 0.335 e. The summed E-state index contributed by atoms with van der Waals surface area (Å²) in [7, 11) is 3.91. The van der Waals surface area contributed by atoms with Crippen molar-refractivity contribution in [3.63, 3.8) is 0 Å². The molecule has 0 atom stereocenters. The molecule has 0 unspecified atom stereocenters. The van der Waals surface area contributed by atoms with Crippen molar-refractivity contribution in [1.29, 1.82) is 10.5 Å². The van der Waals surface area contributed by atoms with Crippen molar-refractivity contribution >= 4 is 78.6 Å². The lowest BCUT2D eigenvalue weighted by Crippen LogP contribution is -2.74. The highest BCUT2D eigenvalue weighted by Gasteiger charge is 2.55. The molecule has 83 heavy (non-hydrogen) atoms. The number of rotatable bonds is 12. The Balaban J connectivity index is 0.000000168. The molecule has 8 aromatic rings. The summed E-state index contributed by atoms with van der Waals surface area (Å²) in [5.74, 6) is -2.07. The number of nitrogens with zero attached hydrogens (tertiary/aromatic N) is 13. The normalized spacial score (nSPS) is 15.7. The van der Waals surface area contributed by atoms with E-state index in [1.165, 1.54) is 85.9 Å². The number of fused-ring (bicyclic) bond motifs is 2. The van der Waals surface area contributed by atoms with E-state index in [4.69, 9.17) is 30.4 Å². The number of carbonyl (C=O) groups excluding carboxylic acids is 1. The Kier molecular flexibility index (Phi) is 15.4. The number of nitrogens with one attached hydrogen (secondary N) is 1. The number of hydrogen-bond acceptors (Lipinski definition) is 17. The van der Waals surface area contributed by atoms with E-state index >= 15 is 0 Å². The number of halogens is 2.